The van der Waals surface area contributed by atoms with Gasteiger partial charge in [-0.2, -0.15) is 0 Å². The molecule has 0 radical (unpaired) electrons. The first-order valence-electron chi connectivity index (χ1n) is 6.21. The van der Waals surface area contributed by atoms with Gasteiger partial charge in [0.2, 0.25) is 0 Å². The highest BCUT2D eigenvalue weighted by atomic mass is 31.1. The van der Waals surface area contributed by atoms with Crippen LogP contribution in [0.15, 0.2) is 0 Å². The molecule has 0 rings (SSSR count). The molecule has 2 atom stereocenters. The van der Waals surface area contributed by atoms with Crippen molar-refractivity contribution >= 4 is 14.2 Å². The lowest BCUT2D eigenvalue weighted by Gasteiger charge is -2.13. The van der Waals surface area contributed by atoms with Crippen LogP contribution in [-0.2, 0) is 23.5 Å². The van der Waals surface area contributed by atoms with Gasteiger partial charge in [0, 0.05) is 17.4 Å². The molecule has 3 N–H and O–H groups in total. The number of rotatable bonds is 9. The van der Waals surface area contributed by atoms with Gasteiger partial charge < -0.3 is 9.57 Å². The van der Waals surface area contributed by atoms with Gasteiger partial charge in [-0.15, -0.1) is 9.42 Å². The van der Waals surface area contributed by atoms with Gasteiger partial charge in [0.25, 0.3) is 0 Å². The normalized spacial score (nSPS) is 12.2. The van der Waals surface area contributed by atoms with Crippen LogP contribution in [0.5, 0.6) is 0 Å². The number of hydrogen-bond donors (Lipinski definition) is 2. The first-order chi connectivity index (χ1) is 8.97. The number of hydrogen-bond acceptors (Lipinski definition) is 6. The van der Waals surface area contributed by atoms with Crippen LogP contribution < -0.4 is 5.90 Å². The van der Waals surface area contributed by atoms with Crippen LogP contribution in [0, 0.1) is 5.92 Å². The average Bonchev–Trinajstić information content (AvgIpc) is 2.35. The lowest BCUT2D eigenvalue weighted by Crippen LogP contribution is -2.21. The fourth-order valence-corrected chi connectivity index (χ4v) is 1.15. The first-order valence-corrected chi connectivity index (χ1v) is 7.34. The van der Waals surface area contributed by atoms with Crippen LogP contribution >= 0.6 is 8.25 Å². The molecular weight excluding hydrogens is 273 g/mol. The predicted octanol–water partition coefficient (Wildman–Crippen LogP) is 1.92. The van der Waals surface area contributed by atoms with Crippen molar-refractivity contribution in [3.05, 3.63) is 0 Å². The van der Waals surface area contributed by atoms with E-state index in [2.05, 4.69) is 23.2 Å². The van der Waals surface area contributed by atoms with Gasteiger partial charge in [0.05, 0.1) is 13.2 Å². The molecule has 0 bridgehead atoms. The smallest absolute Gasteiger partial charge is 0.465 e. The van der Waals surface area contributed by atoms with Crippen molar-refractivity contribution in [2.24, 2.45) is 11.8 Å². The molecule has 0 aliphatic rings. The van der Waals surface area contributed by atoms with E-state index in [-0.39, 0.29) is 25.7 Å². The molecule has 2 unspecified atom stereocenters. The van der Waals surface area contributed by atoms with Gasteiger partial charge in [-0.25, -0.2) is 5.90 Å². The van der Waals surface area contributed by atoms with Crippen molar-refractivity contribution < 1.29 is 28.4 Å². The van der Waals surface area contributed by atoms with Crippen molar-refractivity contribution in [3.8, 4) is 0 Å². The Morgan fingerprint density at radius 3 is 2.26 bits per heavy atom. The van der Waals surface area contributed by atoms with Crippen molar-refractivity contribution in [1.29, 1.82) is 0 Å². The number of carbonyl (C=O) groups is 1. The molecule has 0 aromatic heterocycles. The highest BCUT2D eigenvalue weighted by Crippen LogP contribution is 2.16. The van der Waals surface area contributed by atoms with Crippen molar-refractivity contribution in [2.75, 3.05) is 19.8 Å². The van der Waals surface area contributed by atoms with Crippen LogP contribution in [0.4, 0.5) is 0 Å². The number of nitrogens with two attached hydrogens (primary N) is 1. The molecular formula is C11H25NO6P+. The second-order valence-electron chi connectivity index (χ2n) is 3.86. The molecule has 19 heavy (non-hydrogen) atoms. The van der Waals surface area contributed by atoms with Gasteiger partial charge in [0.15, 0.2) is 0 Å². The molecule has 0 spiro atoms. The standard InChI is InChI=1S/C7H14NO6P.C4H10/c1-6(9)12-4-7(5-13-8)2-3-14-15(10)11;1-3-4-2/h7H,2-5,8H2,1H3;3-4H2,1-2H3/p+1. The summed E-state index contributed by atoms with van der Waals surface area (Å²) in [7, 11) is -2.59. The molecule has 0 aliphatic carbocycles. The minimum Gasteiger partial charge on any atom is -0.465 e. The predicted molar refractivity (Wildman–Crippen MR) is 71.2 cm³/mol. The third-order valence-electron chi connectivity index (χ3n) is 2.08. The lowest BCUT2D eigenvalue weighted by atomic mass is 10.1. The van der Waals surface area contributed by atoms with Crippen LogP contribution in [0.3, 0.4) is 0 Å². The van der Waals surface area contributed by atoms with E-state index in [9.17, 15) is 9.36 Å². The van der Waals surface area contributed by atoms with E-state index in [1.165, 1.54) is 19.8 Å². The van der Waals surface area contributed by atoms with Gasteiger partial charge in [-0.05, 0) is 6.42 Å². The topological polar surface area (TPSA) is 108 Å². The second-order valence-corrected chi connectivity index (χ2v) is 4.60. The summed E-state index contributed by atoms with van der Waals surface area (Å²) in [5.41, 5.74) is 0. The first kappa shape index (κ1) is 20.7. The number of ether oxygens (including phenoxy) is 1. The summed E-state index contributed by atoms with van der Waals surface area (Å²) in [5.74, 6) is 4.34. The molecule has 7 nitrogen and oxygen atoms in total. The summed E-state index contributed by atoms with van der Waals surface area (Å²) in [5, 5.41) is 0. The number of esters is 1. The van der Waals surface area contributed by atoms with Crippen LogP contribution in [-0.4, -0.2) is 30.7 Å². The molecule has 0 heterocycles. The zero-order valence-electron chi connectivity index (χ0n) is 11.8. The van der Waals surface area contributed by atoms with E-state index in [1.54, 1.807) is 0 Å². The van der Waals surface area contributed by atoms with Crippen molar-refractivity contribution in [3.63, 3.8) is 0 Å². The van der Waals surface area contributed by atoms with Crippen molar-refractivity contribution in [1.82, 2.24) is 0 Å². The van der Waals surface area contributed by atoms with Crippen LogP contribution in [0.25, 0.3) is 0 Å². The minimum absolute atomic E-state index is 0.0843. The third-order valence-corrected chi connectivity index (χ3v) is 2.49. The summed E-state index contributed by atoms with van der Waals surface area (Å²) >= 11 is 0. The Bertz CT molecular complexity index is 237. The maximum Gasteiger partial charge on any atom is 0.694 e. The Morgan fingerprint density at radius 2 is 1.89 bits per heavy atom. The second kappa shape index (κ2) is 15.5. The average molecular weight is 298 g/mol. The monoisotopic (exact) mass is 298 g/mol. The van der Waals surface area contributed by atoms with E-state index in [1.807, 2.05) is 0 Å². The molecule has 0 fully saturated rings. The fourth-order valence-electron chi connectivity index (χ4n) is 0.884. The van der Waals surface area contributed by atoms with Gasteiger partial charge in [-0.3, -0.25) is 4.79 Å². The zero-order valence-corrected chi connectivity index (χ0v) is 12.7. The molecule has 0 saturated carbocycles. The van der Waals surface area contributed by atoms with E-state index in [0.717, 1.165) is 0 Å². The van der Waals surface area contributed by atoms with Gasteiger partial charge in [0.1, 0.15) is 6.61 Å². The quantitative estimate of drug-likeness (QED) is 0.380. The van der Waals surface area contributed by atoms with Crippen molar-refractivity contribution in [2.45, 2.75) is 40.0 Å². The molecule has 0 amide bonds. The maximum absolute atomic E-state index is 10.5. The summed E-state index contributed by atoms with van der Waals surface area (Å²) in [6.07, 6.45) is 3.06. The van der Waals surface area contributed by atoms with Crippen LogP contribution in [0.2, 0.25) is 0 Å². The Morgan fingerprint density at radius 1 is 1.32 bits per heavy atom. The number of carbonyl (C=O) groups excluding carboxylic acids is 1. The number of unbranched alkanes of at least 4 members (excludes halogenated alkanes) is 1. The van der Waals surface area contributed by atoms with Gasteiger partial charge >= 0.3 is 14.2 Å². The van der Waals surface area contributed by atoms with Gasteiger partial charge in [-0.1, -0.05) is 26.7 Å². The van der Waals surface area contributed by atoms with E-state index < -0.39 is 14.2 Å². The maximum atomic E-state index is 10.5. The van der Waals surface area contributed by atoms with E-state index in [4.69, 9.17) is 15.5 Å². The molecule has 8 heteroatoms. The molecule has 0 aromatic rings. The van der Waals surface area contributed by atoms with E-state index >= 15 is 0 Å². The Labute approximate surface area is 115 Å². The molecule has 0 aromatic carbocycles. The summed E-state index contributed by atoms with van der Waals surface area (Å²) in [4.78, 5) is 23.3. The third kappa shape index (κ3) is 19.9. The fraction of sp³-hybridized carbons (Fsp3) is 0.909. The van der Waals surface area contributed by atoms with E-state index in [0.29, 0.717) is 6.42 Å². The Kier molecular flexibility index (Phi) is 16.9. The SMILES string of the molecule is CC(=O)OCC(CCO[P+](=O)O)CON.CCCC. The summed E-state index contributed by atoms with van der Waals surface area (Å²) < 4.78 is 19.4. The van der Waals surface area contributed by atoms with Crippen LogP contribution in [0.1, 0.15) is 40.0 Å². The lowest BCUT2D eigenvalue weighted by molar-refractivity contribution is -0.143. The Balaban J connectivity index is 0. The molecule has 0 saturated heterocycles. The zero-order chi connectivity index (χ0) is 15.1. The summed E-state index contributed by atoms with van der Waals surface area (Å²) in [6.45, 7) is 6.08. The highest BCUT2D eigenvalue weighted by molar-refractivity contribution is 7.32. The molecule has 0 aliphatic heterocycles. The minimum atomic E-state index is -2.59. The summed E-state index contributed by atoms with van der Waals surface area (Å²) in [6, 6.07) is 0. The Hall–Kier alpha value is -0.590. The highest BCUT2D eigenvalue weighted by Gasteiger charge is 2.16. The molecule has 114 valence electrons. The largest absolute Gasteiger partial charge is 0.694 e.